The molecule has 0 aromatic carbocycles. The van der Waals surface area contributed by atoms with Gasteiger partial charge in [-0.2, -0.15) is 0 Å². The fraction of sp³-hybridized carbons (Fsp3) is 0.733. The standard InChI is InChI=1S/C15H26N2S/c1-3-13-7-8-14(18-13)10-15(17-16)12-6-4-5-11(2)9-12/h7-8,11-12,15,17H,3-6,9-10,16H2,1-2H3. The molecule has 0 aliphatic heterocycles. The quantitative estimate of drug-likeness (QED) is 0.632. The van der Waals surface area contributed by atoms with Crippen LogP contribution in [0.3, 0.4) is 0 Å². The number of hydrogen-bond donors (Lipinski definition) is 2. The second kappa shape index (κ2) is 6.69. The normalized spacial score (nSPS) is 26.2. The van der Waals surface area contributed by atoms with E-state index in [0.29, 0.717) is 6.04 Å². The highest BCUT2D eigenvalue weighted by molar-refractivity contribution is 7.11. The third-order valence-corrected chi connectivity index (χ3v) is 5.50. The molecule has 2 rings (SSSR count). The van der Waals surface area contributed by atoms with E-state index >= 15 is 0 Å². The molecule has 1 aromatic rings. The van der Waals surface area contributed by atoms with E-state index < -0.39 is 0 Å². The molecule has 1 aliphatic carbocycles. The lowest BCUT2D eigenvalue weighted by Crippen LogP contribution is -2.43. The zero-order valence-electron chi connectivity index (χ0n) is 11.6. The Labute approximate surface area is 115 Å². The van der Waals surface area contributed by atoms with Gasteiger partial charge in [0.25, 0.3) is 0 Å². The van der Waals surface area contributed by atoms with Gasteiger partial charge in [0.2, 0.25) is 0 Å². The average molecular weight is 266 g/mol. The van der Waals surface area contributed by atoms with E-state index in [2.05, 4.69) is 31.4 Å². The van der Waals surface area contributed by atoms with Crippen molar-refractivity contribution in [1.82, 2.24) is 5.43 Å². The molecule has 1 saturated carbocycles. The number of aryl methyl sites for hydroxylation is 1. The molecule has 18 heavy (non-hydrogen) atoms. The Morgan fingerprint density at radius 2 is 2.17 bits per heavy atom. The van der Waals surface area contributed by atoms with Crippen LogP contribution in [0.25, 0.3) is 0 Å². The molecule has 3 atom stereocenters. The summed E-state index contributed by atoms with van der Waals surface area (Å²) in [4.78, 5) is 2.96. The van der Waals surface area contributed by atoms with Gasteiger partial charge in [0.15, 0.2) is 0 Å². The van der Waals surface area contributed by atoms with Crippen molar-refractivity contribution < 1.29 is 0 Å². The van der Waals surface area contributed by atoms with Crippen LogP contribution in [-0.2, 0) is 12.8 Å². The Bertz CT molecular complexity index is 361. The highest BCUT2D eigenvalue weighted by atomic mass is 32.1. The van der Waals surface area contributed by atoms with Gasteiger partial charge in [-0.1, -0.05) is 26.7 Å². The van der Waals surface area contributed by atoms with Gasteiger partial charge in [-0.3, -0.25) is 11.3 Å². The van der Waals surface area contributed by atoms with Crippen molar-refractivity contribution in [2.45, 2.75) is 58.4 Å². The Morgan fingerprint density at radius 1 is 1.39 bits per heavy atom. The SMILES string of the molecule is CCc1ccc(CC(NN)C2CCCC(C)C2)s1. The molecule has 0 amide bonds. The van der Waals surface area contributed by atoms with Gasteiger partial charge in [-0.15, -0.1) is 11.3 Å². The monoisotopic (exact) mass is 266 g/mol. The third kappa shape index (κ3) is 3.56. The lowest BCUT2D eigenvalue weighted by Gasteiger charge is -2.32. The first kappa shape index (κ1) is 14.0. The molecule has 0 saturated heterocycles. The predicted octanol–water partition coefficient (Wildman–Crippen LogP) is 3.51. The van der Waals surface area contributed by atoms with E-state index in [-0.39, 0.29) is 0 Å². The van der Waals surface area contributed by atoms with Crippen molar-refractivity contribution in [3.8, 4) is 0 Å². The molecule has 1 fully saturated rings. The van der Waals surface area contributed by atoms with E-state index in [9.17, 15) is 0 Å². The van der Waals surface area contributed by atoms with Crippen LogP contribution in [0, 0.1) is 11.8 Å². The van der Waals surface area contributed by atoms with Gasteiger partial charge < -0.3 is 0 Å². The van der Waals surface area contributed by atoms with Gasteiger partial charge in [0.05, 0.1) is 0 Å². The first-order chi connectivity index (χ1) is 8.72. The van der Waals surface area contributed by atoms with E-state index in [4.69, 9.17) is 5.84 Å². The van der Waals surface area contributed by atoms with Crippen LogP contribution in [0.2, 0.25) is 0 Å². The lowest BCUT2D eigenvalue weighted by molar-refractivity contribution is 0.222. The Hall–Kier alpha value is -0.380. The molecule has 3 heteroatoms. The van der Waals surface area contributed by atoms with E-state index in [1.807, 2.05) is 11.3 Å². The maximum Gasteiger partial charge on any atom is 0.0287 e. The fourth-order valence-electron chi connectivity index (χ4n) is 3.15. The van der Waals surface area contributed by atoms with Crippen molar-refractivity contribution in [2.75, 3.05) is 0 Å². The number of thiophene rings is 1. The Morgan fingerprint density at radius 3 is 2.78 bits per heavy atom. The predicted molar refractivity (Wildman–Crippen MR) is 79.6 cm³/mol. The first-order valence-electron chi connectivity index (χ1n) is 7.26. The Balaban J connectivity index is 1.95. The van der Waals surface area contributed by atoms with Crippen molar-refractivity contribution in [3.63, 3.8) is 0 Å². The number of nitrogens with two attached hydrogens (primary N) is 1. The lowest BCUT2D eigenvalue weighted by atomic mass is 9.78. The molecule has 0 spiro atoms. The Kier molecular flexibility index (Phi) is 5.22. The number of rotatable bonds is 5. The molecule has 1 aromatic heterocycles. The highest BCUT2D eigenvalue weighted by Gasteiger charge is 2.26. The molecule has 1 aliphatic rings. The van der Waals surface area contributed by atoms with Crippen LogP contribution in [0.1, 0.15) is 49.3 Å². The highest BCUT2D eigenvalue weighted by Crippen LogP contribution is 2.32. The van der Waals surface area contributed by atoms with Gasteiger partial charge in [0, 0.05) is 15.8 Å². The topological polar surface area (TPSA) is 38.0 Å². The van der Waals surface area contributed by atoms with Gasteiger partial charge in [-0.05, 0) is 49.7 Å². The van der Waals surface area contributed by atoms with Crippen molar-refractivity contribution in [3.05, 3.63) is 21.9 Å². The summed E-state index contributed by atoms with van der Waals surface area (Å²) in [5.74, 6) is 7.42. The van der Waals surface area contributed by atoms with E-state index in [1.54, 1.807) is 0 Å². The van der Waals surface area contributed by atoms with Crippen molar-refractivity contribution in [1.29, 1.82) is 0 Å². The zero-order chi connectivity index (χ0) is 13.0. The maximum absolute atomic E-state index is 5.79. The van der Waals surface area contributed by atoms with E-state index in [1.165, 1.54) is 35.4 Å². The molecule has 3 unspecified atom stereocenters. The summed E-state index contributed by atoms with van der Waals surface area (Å²) in [5, 5.41) is 0. The smallest absolute Gasteiger partial charge is 0.0287 e. The summed E-state index contributed by atoms with van der Waals surface area (Å²) in [7, 11) is 0. The molecule has 2 nitrogen and oxygen atoms in total. The molecule has 3 N–H and O–H groups in total. The minimum absolute atomic E-state index is 0.455. The molecular formula is C15H26N2S. The second-order valence-electron chi connectivity index (χ2n) is 5.73. The van der Waals surface area contributed by atoms with Crippen LogP contribution < -0.4 is 11.3 Å². The minimum atomic E-state index is 0.455. The van der Waals surface area contributed by atoms with Crippen LogP contribution in [-0.4, -0.2) is 6.04 Å². The second-order valence-corrected chi connectivity index (χ2v) is 6.98. The summed E-state index contributed by atoms with van der Waals surface area (Å²) in [6.07, 6.45) is 7.68. The first-order valence-corrected chi connectivity index (χ1v) is 8.08. The summed E-state index contributed by atoms with van der Waals surface area (Å²) >= 11 is 1.95. The largest absolute Gasteiger partial charge is 0.271 e. The number of hydrazine groups is 1. The summed E-state index contributed by atoms with van der Waals surface area (Å²) in [6, 6.07) is 4.99. The minimum Gasteiger partial charge on any atom is -0.271 e. The van der Waals surface area contributed by atoms with Crippen LogP contribution in [0.15, 0.2) is 12.1 Å². The summed E-state index contributed by atoms with van der Waals surface area (Å²) < 4.78 is 0. The molecule has 0 bridgehead atoms. The van der Waals surface area contributed by atoms with Crippen LogP contribution in [0.4, 0.5) is 0 Å². The van der Waals surface area contributed by atoms with Crippen molar-refractivity contribution in [2.24, 2.45) is 17.7 Å². The maximum atomic E-state index is 5.79. The van der Waals surface area contributed by atoms with Gasteiger partial charge >= 0.3 is 0 Å². The summed E-state index contributed by atoms with van der Waals surface area (Å²) in [6.45, 7) is 4.59. The average Bonchev–Trinajstić information content (AvgIpc) is 2.83. The number of hydrogen-bond acceptors (Lipinski definition) is 3. The summed E-state index contributed by atoms with van der Waals surface area (Å²) in [5.41, 5.74) is 3.07. The number of nitrogens with one attached hydrogen (secondary N) is 1. The molecular weight excluding hydrogens is 240 g/mol. The van der Waals surface area contributed by atoms with Gasteiger partial charge in [0.1, 0.15) is 0 Å². The van der Waals surface area contributed by atoms with Crippen LogP contribution >= 0.6 is 11.3 Å². The molecule has 0 radical (unpaired) electrons. The third-order valence-electron chi connectivity index (χ3n) is 4.25. The fourth-order valence-corrected chi connectivity index (χ4v) is 4.16. The molecule has 1 heterocycles. The zero-order valence-corrected chi connectivity index (χ0v) is 12.4. The van der Waals surface area contributed by atoms with Crippen molar-refractivity contribution >= 4 is 11.3 Å². The van der Waals surface area contributed by atoms with Crippen LogP contribution in [0.5, 0.6) is 0 Å². The van der Waals surface area contributed by atoms with E-state index in [0.717, 1.165) is 24.7 Å². The van der Waals surface area contributed by atoms with Gasteiger partial charge in [-0.25, -0.2) is 0 Å². The molecule has 102 valence electrons.